The van der Waals surface area contributed by atoms with Gasteiger partial charge in [0.25, 0.3) is 11.5 Å². The van der Waals surface area contributed by atoms with Crippen LogP contribution >= 0.6 is 0 Å². The van der Waals surface area contributed by atoms with Crippen LogP contribution in [0.4, 0.5) is 0 Å². The summed E-state index contributed by atoms with van der Waals surface area (Å²) >= 11 is 0. The van der Waals surface area contributed by atoms with Gasteiger partial charge in [-0.05, 0) is 13.3 Å². The van der Waals surface area contributed by atoms with Gasteiger partial charge >= 0.3 is 0 Å². The maximum Gasteiger partial charge on any atom is 0.274 e. The molecular formula is C12H15N5O2. The summed E-state index contributed by atoms with van der Waals surface area (Å²) in [7, 11) is 0. The SMILES string of the molecule is Cc1cn2nc(C(=O)N3CC[C@@H](N)C3)cc2c(=O)[nH]1. The standard InChI is InChI=1S/C12H15N5O2/c1-7-5-17-10(11(18)14-7)4-9(15-17)12(19)16-3-2-8(13)6-16/h4-5,8H,2-3,6,13H2,1H3,(H,14,18)/t8-/m1/s1. The molecule has 1 saturated heterocycles. The van der Waals surface area contributed by atoms with Crippen molar-refractivity contribution in [1.82, 2.24) is 19.5 Å². The predicted octanol–water partition coefficient (Wildman–Crippen LogP) is -0.496. The summed E-state index contributed by atoms with van der Waals surface area (Å²) in [4.78, 5) is 28.3. The fraction of sp³-hybridized carbons (Fsp3) is 0.417. The maximum absolute atomic E-state index is 12.2. The lowest BCUT2D eigenvalue weighted by molar-refractivity contribution is 0.0784. The van der Waals surface area contributed by atoms with Crippen molar-refractivity contribution >= 4 is 11.4 Å². The smallest absolute Gasteiger partial charge is 0.274 e. The number of nitrogens with two attached hydrogens (primary N) is 1. The minimum Gasteiger partial charge on any atom is -0.336 e. The van der Waals surface area contributed by atoms with Crippen molar-refractivity contribution in [2.24, 2.45) is 5.73 Å². The van der Waals surface area contributed by atoms with Gasteiger partial charge in [-0.15, -0.1) is 0 Å². The molecule has 2 aromatic heterocycles. The van der Waals surface area contributed by atoms with Gasteiger partial charge in [0.15, 0.2) is 5.69 Å². The van der Waals surface area contributed by atoms with Crippen LogP contribution in [-0.4, -0.2) is 44.5 Å². The summed E-state index contributed by atoms with van der Waals surface area (Å²) < 4.78 is 1.44. The Labute approximate surface area is 109 Å². The number of aromatic nitrogens is 3. The Morgan fingerprint density at radius 1 is 1.58 bits per heavy atom. The van der Waals surface area contributed by atoms with E-state index in [9.17, 15) is 9.59 Å². The van der Waals surface area contributed by atoms with Crippen LogP contribution in [-0.2, 0) is 0 Å². The highest BCUT2D eigenvalue weighted by Crippen LogP contribution is 2.12. The normalized spacial score (nSPS) is 19.3. The first-order valence-electron chi connectivity index (χ1n) is 6.19. The molecule has 1 fully saturated rings. The van der Waals surface area contributed by atoms with Crippen LogP contribution in [0.15, 0.2) is 17.1 Å². The van der Waals surface area contributed by atoms with Gasteiger partial charge in [0.2, 0.25) is 0 Å². The Kier molecular flexibility index (Phi) is 2.63. The van der Waals surface area contributed by atoms with Crippen molar-refractivity contribution in [3.63, 3.8) is 0 Å². The number of nitrogens with one attached hydrogen (secondary N) is 1. The van der Waals surface area contributed by atoms with E-state index in [-0.39, 0.29) is 23.2 Å². The van der Waals surface area contributed by atoms with Crippen LogP contribution in [0, 0.1) is 6.92 Å². The lowest BCUT2D eigenvalue weighted by Gasteiger charge is -2.13. The van der Waals surface area contributed by atoms with Crippen molar-refractivity contribution < 1.29 is 4.79 Å². The number of nitrogens with zero attached hydrogens (tertiary/aromatic N) is 3. The molecule has 7 nitrogen and oxygen atoms in total. The maximum atomic E-state index is 12.2. The topological polar surface area (TPSA) is 96.5 Å². The van der Waals surface area contributed by atoms with E-state index in [2.05, 4.69) is 10.1 Å². The molecule has 2 aromatic rings. The average molecular weight is 261 g/mol. The summed E-state index contributed by atoms with van der Waals surface area (Å²) in [6, 6.07) is 1.55. The molecule has 19 heavy (non-hydrogen) atoms. The molecule has 0 aromatic carbocycles. The number of hydrogen-bond donors (Lipinski definition) is 2. The molecule has 0 saturated carbocycles. The molecule has 1 atom stereocenters. The zero-order valence-electron chi connectivity index (χ0n) is 10.6. The summed E-state index contributed by atoms with van der Waals surface area (Å²) in [6.07, 6.45) is 2.49. The fourth-order valence-electron chi connectivity index (χ4n) is 2.36. The number of likely N-dealkylation sites (tertiary alicyclic amines) is 1. The largest absolute Gasteiger partial charge is 0.336 e. The van der Waals surface area contributed by atoms with Crippen molar-refractivity contribution in [2.75, 3.05) is 13.1 Å². The van der Waals surface area contributed by atoms with E-state index in [4.69, 9.17) is 5.73 Å². The molecule has 1 aliphatic heterocycles. The molecule has 1 amide bonds. The highest BCUT2D eigenvalue weighted by Gasteiger charge is 2.26. The number of carbonyl (C=O) groups is 1. The number of amides is 1. The van der Waals surface area contributed by atoms with Gasteiger partial charge in [-0.25, -0.2) is 4.52 Å². The van der Waals surface area contributed by atoms with Crippen LogP contribution in [0.5, 0.6) is 0 Å². The van der Waals surface area contributed by atoms with Gasteiger partial charge < -0.3 is 15.6 Å². The van der Waals surface area contributed by atoms with Gasteiger partial charge in [-0.1, -0.05) is 0 Å². The molecular weight excluding hydrogens is 246 g/mol. The average Bonchev–Trinajstić information content (AvgIpc) is 2.94. The number of H-pyrrole nitrogens is 1. The van der Waals surface area contributed by atoms with E-state index in [0.29, 0.717) is 24.3 Å². The minimum atomic E-state index is -0.246. The lowest BCUT2D eigenvalue weighted by Crippen LogP contribution is -2.32. The van der Waals surface area contributed by atoms with Crippen LogP contribution in [0.2, 0.25) is 0 Å². The summed E-state index contributed by atoms with van der Waals surface area (Å²) in [5.41, 5.74) is 6.89. The molecule has 3 heterocycles. The van der Waals surface area contributed by atoms with Crippen molar-refractivity contribution in [3.8, 4) is 0 Å². The second-order valence-electron chi connectivity index (χ2n) is 4.93. The van der Waals surface area contributed by atoms with Crippen molar-refractivity contribution in [2.45, 2.75) is 19.4 Å². The Hall–Kier alpha value is -2.15. The van der Waals surface area contributed by atoms with E-state index in [1.807, 2.05) is 0 Å². The first-order valence-corrected chi connectivity index (χ1v) is 6.19. The monoisotopic (exact) mass is 261 g/mol. The van der Waals surface area contributed by atoms with Gasteiger partial charge in [0, 0.05) is 37.1 Å². The third-order valence-electron chi connectivity index (χ3n) is 3.33. The van der Waals surface area contributed by atoms with E-state index in [0.717, 1.165) is 6.42 Å². The van der Waals surface area contributed by atoms with Crippen LogP contribution in [0.25, 0.3) is 5.52 Å². The Morgan fingerprint density at radius 3 is 3.05 bits per heavy atom. The number of aryl methyl sites for hydroxylation is 1. The highest BCUT2D eigenvalue weighted by atomic mass is 16.2. The summed E-state index contributed by atoms with van der Waals surface area (Å²) in [6.45, 7) is 2.95. The molecule has 0 radical (unpaired) electrons. The first-order chi connectivity index (χ1) is 9.04. The molecule has 0 unspecified atom stereocenters. The summed E-state index contributed by atoms with van der Waals surface area (Å²) in [5, 5.41) is 4.17. The summed E-state index contributed by atoms with van der Waals surface area (Å²) in [5.74, 6) is -0.172. The van der Waals surface area contributed by atoms with Gasteiger partial charge in [0.1, 0.15) is 5.52 Å². The van der Waals surface area contributed by atoms with Gasteiger partial charge in [-0.2, -0.15) is 5.10 Å². The zero-order valence-corrected chi connectivity index (χ0v) is 10.6. The Morgan fingerprint density at radius 2 is 2.37 bits per heavy atom. The van der Waals surface area contributed by atoms with E-state index < -0.39 is 0 Å². The third-order valence-corrected chi connectivity index (χ3v) is 3.33. The van der Waals surface area contributed by atoms with E-state index >= 15 is 0 Å². The van der Waals surface area contributed by atoms with Gasteiger partial charge in [-0.3, -0.25) is 9.59 Å². The zero-order chi connectivity index (χ0) is 13.6. The van der Waals surface area contributed by atoms with Crippen molar-refractivity contribution in [1.29, 1.82) is 0 Å². The van der Waals surface area contributed by atoms with Crippen LogP contribution < -0.4 is 11.3 Å². The second kappa shape index (κ2) is 4.20. The quantitative estimate of drug-likeness (QED) is 0.723. The van der Waals surface area contributed by atoms with E-state index in [1.54, 1.807) is 18.0 Å². The molecule has 0 bridgehead atoms. The van der Waals surface area contributed by atoms with Crippen molar-refractivity contribution in [3.05, 3.63) is 34.0 Å². The first kappa shape index (κ1) is 11.9. The third kappa shape index (κ3) is 2.01. The Bertz CT molecular complexity index is 702. The lowest BCUT2D eigenvalue weighted by atomic mass is 10.3. The van der Waals surface area contributed by atoms with Gasteiger partial charge in [0.05, 0.1) is 0 Å². The number of aromatic amines is 1. The fourth-order valence-corrected chi connectivity index (χ4v) is 2.36. The van der Waals surface area contributed by atoms with Crippen LogP contribution in [0.3, 0.4) is 0 Å². The second-order valence-corrected chi connectivity index (χ2v) is 4.93. The number of hydrogen-bond acceptors (Lipinski definition) is 4. The molecule has 7 heteroatoms. The molecule has 3 rings (SSSR count). The molecule has 100 valence electrons. The molecule has 1 aliphatic rings. The number of rotatable bonds is 1. The van der Waals surface area contributed by atoms with E-state index in [1.165, 1.54) is 10.6 Å². The predicted molar refractivity (Wildman–Crippen MR) is 69.0 cm³/mol. The molecule has 0 spiro atoms. The molecule has 0 aliphatic carbocycles. The van der Waals surface area contributed by atoms with Crippen LogP contribution in [0.1, 0.15) is 22.6 Å². The number of carbonyl (C=O) groups excluding carboxylic acids is 1. The minimum absolute atomic E-state index is 0.0339. The Balaban J connectivity index is 1.99. The highest BCUT2D eigenvalue weighted by molar-refractivity contribution is 5.93. The molecule has 3 N–H and O–H groups in total. The number of fused-ring (bicyclic) bond motifs is 1.